The van der Waals surface area contributed by atoms with Crippen molar-refractivity contribution < 1.29 is 24.2 Å². The van der Waals surface area contributed by atoms with Crippen molar-refractivity contribution in [3.8, 4) is 0 Å². The molecule has 6 atom stereocenters. The molecule has 3 fully saturated rings. The minimum Gasteiger partial charge on any atom is -0.392 e. The number of nitrogens with one attached hydrogen (secondary N) is 2. The van der Waals surface area contributed by atoms with Gasteiger partial charge < -0.3 is 15.2 Å². The third-order valence-electron chi connectivity index (χ3n) is 6.58. The molecule has 5 rings (SSSR count). The second kappa shape index (κ2) is 6.10. The molecule has 4 heterocycles. The van der Waals surface area contributed by atoms with Crippen LogP contribution in [0, 0.1) is 11.8 Å². The van der Waals surface area contributed by atoms with Gasteiger partial charge in [-0.25, -0.2) is 0 Å². The van der Waals surface area contributed by atoms with Gasteiger partial charge >= 0.3 is 0 Å². The second-order valence-electron chi connectivity index (χ2n) is 8.14. The van der Waals surface area contributed by atoms with Crippen molar-refractivity contribution in [2.24, 2.45) is 11.8 Å². The summed E-state index contributed by atoms with van der Waals surface area (Å²) in [4.78, 5) is 41.0. The predicted molar refractivity (Wildman–Crippen MR) is 98.0 cm³/mol. The Hall–Kier alpha value is -2.29. The second-order valence-corrected chi connectivity index (χ2v) is 8.14. The Morgan fingerprint density at radius 1 is 1.29 bits per heavy atom. The molecule has 0 bridgehead atoms. The van der Waals surface area contributed by atoms with E-state index in [0.717, 1.165) is 12.8 Å². The minimum absolute atomic E-state index is 0.162. The number of rotatable bonds is 3. The highest BCUT2D eigenvalue weighted by atomic mass is 16.5. The van der Waals surface area contributed by atoms with Crippen LogP contribution in [-0.4, -0.2) is 59.1 Å². The predicted octanol–water partition coefficient (Wildman–Crippen LogP) is -0.0332. The fraction of sp³-hybridized carbons (Fsp3) is 0.550. The van der Waals surface area contributed by atoms with Crippen LogP contribution < -0.4 is 10.6 Å². The van der Waals surface area contributed by atoms with E-state index in [1.54, 1.807) is 25.1 Å². The molecule has 8 heteroatoms. The van der Waals surface area contributed by atoms with Crippen molar-refractivity contribution in [1.29, 1.82) is 0 Å². The van der Waals surface area contributed by atoms with Gasteiger partial charge in [0.05, 0.1) is 30.6 Å². The van der Waals surface area contributed by atoms with E-state index in [1.807, 2.05) is 6.07 Å². The molecule has 1 spiro atoms. The summed E-state index contributed by atoms with van der Waals surface area (Å²) in [6.45, 7) is 2.41. The van der Waals surface area contributed by atoms with Crippen molar-refractivity contribution in [2.45, 2.75) is 43.6 Å². The summed E-state index contributed by atoms with van der Waals surface area (Å²) >= 11 is 0. The topological polar surface area (TPSA) is 108 Å². The van der Waals surface area contributed by atoms with Crippen LogP contribution in [0.3, 0.4) is 0 Å². The number of hydrogen-bond donors (Lipinski definition) is 3. The van der Waals surface area contributed by atoms with Gasteiger partial charge in [0.2, 0.25) is 17.7 Å². The van der Waals surface area contributed by atoms with Gasteiger partial charge in [-0.05, 0) is 25.8 Å². The SMILES string of the molecule is C[C@H](O)[C@H]1N[C@]2(C(=O)Nc3ccccc32)[C@@H]2C(=O)N(C[C@@H]3CCCO3)C(=O)[C@H]12. The molecule has 3 amide bonds. The molecular weight excluding hydrogens is 362 g/mol. The molecule has 0 aromatic heterocycles. The zero-order valence-corrected chi connectivity index (χ0v) is 15.6. The highest BCUT2D eigenvalue weighted by molar-refractivity contribution is 6.15. The number of nitrogens with zero attached hydrogens (tertiary/aromatic N) is 1. The van der Waals surface area contributed by atoms with Crippen LogP contribution >= 0.6 is 0 Å². The van der Waals surface area contributed by atoms with Crippen molar-refractivity contribution in [3.05, 3.63) is 29.8 Å². The Morgan fingerprint density at radius 3 is 2.79 bits per heavy atom. The average molecular weight is 385 g/mol. The van der Waals surface area contributed by atoms with Gasteiger partial charge in [-0.3, -0.25) is 24.6 Å². The molecule has 3 saturated heterocycles. The molecule has 4 aliphatic rings. The summed E-state index contributed by atoms with van der Waals surface area (Å²) < 4.78 is 5.61. The van der Waals surface area contributed by atoms with Gasteiger partial charge in [-0.15, -0.1) is 0 Å². The summed E-state index contributed by atoms with van der Waals surface area (Å²) in [5.74, 6) is -2.73. The van der Waals surface area contributed by atoms with Crippen LogP contribution in [0.5, 0.6) is 0 Å². The molecule has 0 radical (unpaired) electrons. The lowest BCUT2D eigenvalue weighted by Gasteiger charge is -2.30. The number of ether oxygens (including phenoxy) is 1. The quantitative estimate of drug-likeness (QED) is 0.631. The maximum atomic E-state index is 13.4. The van der Waals surface area contributed by atoms with Crippen molar-refractivity contribution in [2.75, 3.05) is 18.5 Å². The number of hydrogen-bond acceptors (Lipinski definition) is 6. The molecule has 8 nitrogen and oxygen atoms in total. The van der Waals surface area contributed by atoms with E-state index in [0.29, 0.717) is 17.9 Å². The first-order valence-electron chi connectivity index (χ1n) is 9.78. The van der Waals surface area contributed by atoms with Crippen LogP contribution in [0.4, 0.5) is 5.69 Å². The summed E-state index contributed by atoms with van der Waals surface area (Å²) in [5, 5.41) is 16.4. The maximum absolute atomic E-state index is 13.4. The van der Waals surface area contributed by atoms with E-state index in [4.69, 9.17) is 4.74 Å². The van der Waals surface area contributed by atoms with Crippen molar-refractivity contribution in [1.82, 2.24) is 10.2 Å². The Bertz CT molecular complexity index is 865. The lowest BCUT2D eigenvalue weighted by Crippen LogP contribution is -2.55. The number of fused-ring (bicyclic) bond motifs is 4. The molecule has 1 aromatic carbocycles. The minimum atomic E-state index is -1.35. The number of carbonyl (C=O) groups is 3. The maximum Gasteiger partial charge on any atom is 0.250 e. The van der Waals surface area contributed by atoms with E-state index >= 15 is 0 Å². The number of aliphatic hydroxyl groups is 1. The fourth-order valence-corrected chi connectivity index (χ4v) is 5.33. The zero-order valence-electron chi connectivity index (χ0n) is 15.6. The Kier molecular flexibility index (Phi) is 3.88. The molecule has 0 unspecified atom stereocenters. The first kappa shape index (κ1) is 17.8. The van der Waals surface area contributed by atoms with Gasteiger partial charge in [-0.2, -0.15) is 0 Å². The van der Waals surface area contributed by atoms with Crippen LogP contribution in [-0.2, 0) is 24.7 Å². The summed E-state index contributed by atoms with van der Waals surface area (Å²) in [5.41, 5.74) is -0.0675. The van der Waals surface area contributed by atoms with Gasteiger partial charge in [0.15, 0.2) is 0 Å². The van der Waals surface area contributed by atoms with Gasteiger partial charge in [0.1, 0.15) is 5.54 Å². The van der Waals surface area contributed by atoms with E-state index in [1.165, 1.54) is 4.90 Å². The fourth-order valence-electron chi connectivity index (χ4n) is 5.33. The summed E-state index contributed by atoms with van der Waals surface area (Å²) in [7, 11) is 0. The molecule has 0 saturated carbocycles. The first-order valence-corrected chi connectivity index (χ1v) is 9.78. The lowest BCUT2D eigenvalue weighted by atomic mass is 9.76. The third kappa shape index (κ3) is 2.19. The largest absolute Gasteiger partial charge is 0.392 e. The Labute approximate surface area is 162 Å². The molecular formula is C20H23N3O5. The molecule has 1 aromatic rings. The highest BCUT2D eigenvalue weighted by Crippen LogP contribution is 2.53. The average Bonchev–Trinajstić information content (AvgIpc) is 3.41. The molecule has 0 aliphatic carbocycles. The normalized spacial score (nSPS) is 37.5. The number of imide groups is 1. The van der Waals surface area contributed by atoms with Crippen LogP contribution in [0.2, 0.25) is 0 Å². The van der Waals surface area contributed by atoms with Crippen molar-refractivity contribution in [3.63, 3.8) is 0 Å². The van der Waals surface area contributed by atoms with Crippen LogP contribution in [0.1, 0.15) is 25.3 Å². The monoisotopic (exact) mass is 385 g/mol. The number of amides is 3. The van der Waals surface area contributed by atoms with Crippen LogP contribution in [0.25, 0.3) is 0 Å². The first-order chi connectivity index (χ1) is 13.4. The van der Waals surface area contributed by atoms with Crippen LogP contribution in [0.15, 0.2) is 24.3 Å². The number of para-hydroxylation sites is 1. The number of carbonyl (C=O) groups excluding carboxylic acids is 3. The Morgan fingerprint density at radius 2 is 2.07 bits per heavy atom. The zero-order chi connectivity index (χ0) is 19.6. The lowest BCUT2D eigenvalue weighted by molar-refractivity contribution is -0.144. The summed E-state index contributed by atoms with van der Waals surface area (Å²) in [6.07, 6.45) is 0.654. The number of aliphatic hydroxyl groups excluding tert-OH is 1. The Balaban J connectivity index is 1.59. The number of likely N-dealkylation sites (tertiary alicyclic amines) is 1. The molecule has 3 N–H and O–H groups in total. The highest BCUT2D eigenvalue weighted by Gasteiger charge is 2.71. The van der Waals surface area contributed by atoms with E-state index < -0.39 is 29.5 Å². The number of anilines is 1. The van der Waals surface area contributed by atoms with E-state index in [-0.39, 0.29) is 30.4 Å². The summed E-state index contributed by atoms with van der Waals surface area (Å²) in [6, 6.07) is 6.50. The van der Waals surface area contributed by atoms with Gasteiger partial charge in [0.25, 0.3) is 0 Å². The van der Waals surface area contributed by atoms with Crippen molar-refractivity contribution >= 4 is 23.4 Å². The van der Waals surface area contributed by atoms with E-state index in [2.05, 4.69) is 10.6 Å². The van der Waals surface area contributed by atoms with Gasteiger partial charge in [-0.1, -0.05) is 18.2 Å². The third-order valence-corrected chi connectivity index (χ3v) is 6.58. The number of benzene rings is 1. The van der Waals surface area contributed by atoms with Gasteiger partial charge in [0, 0.05) is 23.9 Å². The molecule has 28 heavy (non-hydrogen) atoms. The standard InChI is InChI=1S/C20H23N3O5/c1-10(24)16-14-15(18(26)23(17(14)25)9-11-5-4-8-28-11)20(22-16)12-6-2-3-7-13(12)21-19(20)27/h2-3,6-7,10-11,14-16,22,24H,4-5,8-9H2,1H3,(H,21,27)/t10-,11-,14-,15-,16+,20-/m0/s1. The molecule has 148 valence electrons. The smallest absolute Gasteiger partial charge is 0.250 e. The molecule has 4 aliphatic heterocycles. The van der Waals surface area contributed by atoms with E-state index in [9.17, 15) is 19.5 Å².